The molecule has 0 aliphatic carbocycles. The summed E-state index contributed by atoms with van der Waals surface area (Å²) < 4.78 is 42.0. The standard InChI is InChI=1S/C17H27F3N4O.HI/c1-21-16(22-9-3-2-8-17(18,19)20)23-13-14(15-7-6-12-25-15)24-10-4-5-11-24;/h6-7,12,14H,2-5,8-11,13H2,1H3,(H2,21,22,23);1H. The zero-order chi connectivity index (χ0) is 18.1. The van der Waals surface area contributed by atoms with Gasteiger partial charge >= 0.3 is 6.18 Å². The van der Waals surface area contributed by atoms with Crippen molar-refractivity contribution in [2.75, 3.05) is 33.2 Å². The minimum atomic E-state index is -4.08. The number of rotatable bonds is 8. The molecule has 26 heavy (non-hydrogen) atoms. The zero-order valence-electron chi connectivity index (χ0n) is 15.0. The highest BCUT2D eigenvalue weighted by Gasteiger charge is 2.26. The number of alkyl halides is 3. The van der Waals surface area contributed by atoms with Gasteiger partial charge in [-0.25, -0.2) is 0 Å². The van der Waals surface area contributed by atoms with E-state index in [0.29, 0.717) is 25.5 Å². The van der Waals surface area contributed by atoms with E-state index in [4.69, 9.17) is 4.42 Å². The maximum atomic E-state index is 12.1. The molecule has 0 radical (unpaired) electrons. The lowest BCUT2D eigenvalue weighted by Crippen LogP contribution is -2.42. The van der Waals surface area contributed by atoms with E-state index in [1.807, 2.05) is 12.1 Å². The average molecular weight is 488 g/mol. The number of hydrogen-bond donors (Lipinski definition) is 2. The predicted molar refractivity (Wildman–Crippen MR) is 107 cm³/mol. The van der Waals surface area contributed by atoms with E-state index < -0.39 is 12.6 Å². The fourth-order valence-electron chi connectivity index (χ4n) is 3.01. The molecule has 1 aromatic heterocycles. The molecule has 1 atom stereocenters. The van der Waals surface area contributed by atoms with Crippen molar-refractivity contribution in [1.82, 2.24) is 15.5 Å². The van der Waals surface area contributed by atoms with Crippen molar-refractivity contribution < 1.29 is 17.6 Å². The molecule has 150 valence electrons. The fourth-order valence-corrected chi connectivity index (χ4v) is 3.01. The van der Waals surface area contributed by atoms with Gasteiger partial charge in [-0.15, -0.1) is 24.0 Å². The molecule has 1 aliphatic rings. The van der Waals surface area contributed by atoms with Gasteiger partial charge in [0.15, 0.2) is 5.96 Å². The van der Waals surface area contributed by atoms with Crippen LogP contribution < -0.4 is 10.6 Å². The van der Waals surface area contributed by atoms with Gasteiger partial charge in [0.1, 0.15) is 5.76 Å². The van der Waals surface area contributed by atoms with E-state index >= 15 is 0 Å². The summed E-state index contributed by atoms with van der Waals surface area (Å²) in [7, 11) is 1.66. The van der Waals surface area contributed by atoms with Crippen LogP contribution in [0.15, 0.2) is 27.8 Å². The number of unbranched alkanes of at least 4 members (excludes halogenated alkanes) is 1. The van der Waals surface area contributed by atoms with Crippen molar-refractivity contribution in [2.24, 2.45) is 4.99 Å². The highest BCUT2D eigenvalue weighted by atomic mass is 127. The molecule has 9 heteroatoms. The largest absolute Gasteiger partial charge is 0.468 e. The van der Waals surface area contributed by atoms with Crippen LogP contribution in [0.4, 0.5) is 13.2 Å². The summed E-state index contributed by atoms with van der Waals surface area (Å²) in [6.45, 7) is 3.17. The lowest BCUT2D eigenvalue weighted by atomic mass is 10.2. The number of nitrogens with one attached hydrogen (secondary N) is 2. The number of hydrogen-bond acceptors (Lipinski definition) is 3. The third kappa shape index (κ3) is 8.15. The minimum Gasteiger partial charge on any atom is -0.468 e. The summed E-state index contributed by atoms with van der Waals surface area (Å²) in [6.07, 6.45) is -0.203. The van der Waals surface area contributed by atoms with Crippen LogP contribution in [0, 0.1) is 0 Å². The second-order valence-electron chi connectivity index (χ2n) is 6.23. The van der Waals surface area contributed by atoms with E-state index in [1.165, 1.54) is 12.8 Å². The monoisotopic (exact) mass is 488 g/mol. The Balaban J connectivity index is 0.00000338. The van der Waals surface area contributed by atoms with Crippen LogP contribution in [0.3, 0.4) is 0 Å². The predicted octanol–water partition coefficient (Wildman–Crippen LogP) is 3.93. The molecule has 0 spiro atoms. The Hall–Kier alpha value is -0.970. The van der Waals surface area contributed by atoms with Crippen LogP contribution in [-0.4, -0.2) is 50.3 Å². The number of aliphatic imine (C=N–C) groups is 1. The number of halogens is 4. The molecular weight excluding hydrogens is 460 g/mol. The lowest BCUT2D eigenvalue weighted by molar-refractivity contribution is -0.135. The van der Waals surface area contributed by atoms with Gasteiger partial charge in [0.25, 0.3) is 0 Å². The molecule has 1 unspecified atom stereocenters. The Morgan fingerprint density at radius 2 is 2.00 bits per heavy atom. The van der Waals surface area contributed by atoms with Crippen molar-refractivity contribution in [3.63, 3.8) is 0 Å². The molecular formula is C17H28F3IN4O. The maximum absolute atomic E-state index is 12.1. The van der Waals surface area contributed by atoms with E-state index in [9.17, 15) is 13.2 Å². The van der Waals surface area contributed by atoms with Crippen LogP contribution in [0.5, 0.6) is 0 Å². The third-order valence-corrected chi connectivity index (χ3v) is 4.32. The molecule has 5 nitrogen and oxygen atoms in total. The summed E-state index contributed by atoms with van der Waals surface area (Å²) in [4.78, 5) is 6.51. The highest BCUT2D eigenvalue weighted by Crippen LogP contribution is 2.25. The van der Waals surface area contributed by atoms with Gasteiger partial charge in [-0.1, -0.05) is 0 Å². The molecule has 0 amide bonds. The molecule has 1 fully saturated rings. The van der Waals surface area contributed by atoms with Gasteiger partial charge in [-0.2, -0.15) is 13.2 Å². The van der Waals surface area contributed by atoms with E-state index in [-0.39, 0.29) is 36.4 Å². The van der Waals surface area contributed by atoms with E-state index in [1.54, 1.807) is 13.3 Å². The first-order valence-electron chi connectivity index (χ1n) is 8.78. The smallest absolute Gasteiger partial charge is 0.389 e. The lowest BCUT2D eigenvalue weighted by Gasteiger charge is -2.26. The molecule has 2 rings (SSSR count). The first-order valence-corrected chi connectivity index (χ1v) is 8.78. The first-order chi connectivity index (χ1) is 12.0. The minimum absolute atomic E-state index is 0. The van der Waals surface area contributed by atoms with Gasteiger partial charge in [0.05, 0.1) is 12.3 Å². The maximum Gasteiger partial charge on any atom is 0.389 e. The highest BCUT2D eigenvalue weighted by molar-refractivity contribution is 14.0. The van der Waals surface area contributed by atoms with Gasteiger partial charge in [0.2, 0.25) is 0 Å². The third-order valence-electron chi connectivity index (χ3n) is 4.32. The normalized spacial score (nSPS) is 17.0. The summed E-state index contributed by atoms with van der Waals surface area (Å²) in [5, 5.41) is 6.33. The first kappa shape index (κ1) is 23.1. The topological polar surface area (TPSA) is 52.8 Å². The molecule has 2 N–H and O–H groups in total. The van der Waals surface area contributed by atoms with Crippen molar-refractivity contribution >= 4 is 29.9 Å². The molecule has 1 saturated heterocycles. The SMILES string of the molecule is CN=C(NCCCCC(F)(F)F)NCC(c1ccco1)N1CCCC1.I. The number of nitrogens with zero attached hydrogens (tertiary/aromatic N) is 2. The Kier molecular flexibility index (Phi) is 10.4. The van der Waals surface area contributed by atoms with Crippen molar-refractivity contribution in [2.45, 2.75) is 44.3 Å². The molecule has 2 heterocycles. The molecule has 1 aromatic rings. The fraction of sp³-hybridized carbons (Fsp3) is 0.706. The average Bonchev–Trinajstić information content (AvgIpc) is 3.26. The van der Waals surface area contributed by atoms with Gasteiger partial charge < -0.3 is 15.1 Å². The van der Waals surface area contributed by atoms with Crippen LogP contribution >= 0.6 is 24.0 Å². The zero-order valence-corrected chi connectivity index (χ0v) is 17.3. The van der Waals surface area contributed by atoms with Crippen molar-refractivity contribution in [3.05, 3.63) is 24.2 Å². The summed E-state index contributed by atoms with van der Waals surface area (Å²) in [5.74, 6) is 1.51. The number of guanidine groups is 1. The number of furan rings is 1. The summed E-state index contributed by atoms with van der Waals surface area (Å²) in [6, 6.07) is 3.98. The van der Waals surface area contributed by atoms with Crippen LogP contribution in [0.2, 0.25) is 0 Å². The van der Waals surface area contributed by atoms with Crippen molar-refractivity contribution in [3.8, 4) is 0 Å². The molecule has 0 aromatic carbocycles. The Morgan fingerprint density at radius 3 is 2.58 bits per heavy atom. The molecule has 1 aliphatic heterocycles. The van der Waals surface area contributed by atoms with Crippen LogP contribution in [0.25, 0.3) is 0 Å². The number of likely N-dealkylation sites (tertiary alicyclic amines) is 1. The van der Waals surface area contributed by atoms with Crippen molar-refractivity contribution in [1.29, 1.82) is 0 Å². The van der Waals surface area contributed by atoms with Crippen LogP contribution in [-0.2, 0) is 0 Å². The summed E-state index contributed by atoms with van der Waals surface area (Å²) >= 11 is 0. The van der Waals surface area contributed by atoms with Crippen LogP contribution in [0.1, 0.15) is 43.9 Å². The summed E-state index contributed by atoms with van der Waals surface area (Å²) in [5.41, 5.74) is 0. The van der Waals surface area contributed by atoms with E-state index in [0.717, 1.165) is 18.8 Å². The second kappa shape index (κ2) is 11.7. The molecule has 0 saturated carbocycles. The van der Waals surface area contributed by atoms with Gasteiger partial charge in [0, 0.05) is 26.6 Å². The Labute approximate surface area is 169 Å². The second-order valence-corrected chi connectivity index (χ2v) is 6.23. The Morgan fingerprint density at radius 1 is 1.27 bits per heavy atom. The Bertz CT molecular complexity index is 517. The molecule has 0 bridgehead atoms. The van der Waals surface area contributed by atoms with E-state index in [2.05, 4.69) is 20.5 Å². The van der Waals surface area contributed by atoms with Gasteiger partial charge in [-0.05, 0) is 50.9 Å². The van der Waals surface area contributed by atoms with Gasteiger partial charge in [-0.3, -0.25) is 9.89 Å². The quantitative estimate of drug-likeness (QED) is 0.252.